The van der Waals surface area contributed by atoms with E-state index in [1.165, 1.54) is 23.5 Å². The number of aromatic nitrogens is 2. The molecule has 1 amide bonds. The standard InChI is InChI=1S/C21H19BrN4O3S2/c1-13-11-24-21(30-13)25-20(27)19(10-14-12-23-18-5-3-2-4-17(14)18)26-31(28,29)16-8-6-15(22)7-9-16/h2-9,11-12,19,23,26H,10H2,1H3,(H,24,25,27). The van der Waals surface area contributed by atoms with Gasteiger partial charge in [0.05, 0.1) is 4.90 Å². The molecule has 0 saturated carbocycles. The summed E-state index contributed by atoms with van der Waals surface area (Å²) >= 11 is 4.63. The maximum Gasteiger partial charge on any atom is 0.244 e. The summed E-state index contributed by atoms with van der Waals surface area (Å²) in [7, 11) is -3.92. The number of fused-ring (bicyclic) bond motifs is 1. The minimum absolute atomic E-state index is 0.0810. The van der Waals surface area contributed by atoms with E-state index in [1.54, 1.807) is 24.5 Å². The fourth-order valence-electron chi connectivity index (χ4n) is 3.18. The van der Waals surface area contributed by atoms with Gasteiger partial charge in [0.25, 0.3) is 0 Å². The van der Waals surface area contributed by atoms with Crippen molar-refractivity contribution in [3.05, 3.63) is 75.8 Å². The Labute approximate surface area is 192 Å². The van der Waals surface area contributed by atoms with Crippen LogP contribution in [0.2, 0.25) is 0 Å². The predicted molar refractivity (Wildman–Crippen MR) is 126 cm³/mol. The van der Waals surface area contributed by atoms with Crippen molar-refractivity contribution in [2.75, 3.05) is 5.32 Å². The Morgan fingerprint density at radius 2 is 1.94 bits per heavy atom. The van der Waals surface area contributed by atoms with Gasteiger partial charge in [-0.1, -0.05) is 34.1 Å². The topological polar surface area (TPSA) is 104 Å². The number of carbonyl (C=O) groups excluding carboxylic acids is 1. The number of hydrogen-bond acceptors (Lipinski definition) is 5. The highest BCUT2D eigenvalue weighted by atomic mass is 79.9. The summed E-state index contributed by atoms with van der Waals surface area (Å²) < 4.78 is 29.3. The lowest BCUT2D eigenvalue weighted by molar-refractivity contribution is -0.117. The molecular formula is C21H19BrN4O3S2. The van der Waals surface area contributed by atoms with E-state index in [-0.39, 0.29) is 11.3 Å². The lowest BCUT2D eigenvalue weighted by Gasteiger charge is -2.18. The number of carbonyl (C=O) groups is 1. The van der Waals surface area contributed by atoms with Gasteiger partial charge in [-0.2, -0.15) is 4.72 Å². The Morgan fingerprint density at radius 3 is 2.65 bits per heavy atom. The fourth-order valence-corrected chi connectivity index (χ4v) is 5.31. The Morgan fingerprint density at radius 1 is 1.19 bits per heavy atom. The highest BCUT2D eigenvalue weighted by molar-refractivity contribution is 9.10. The molecule has 0 aliphatic carbocycles. The molecular weight excluding hydrogens is 500 g/mol. The second-order valence-corrected chi connectivity index (χ2v) is 10.8. The van der Waals surface area contributed by atoms with Crippen LogP contribution in [-0.4, -0.2) is 30.3 Å². The zero-order valence-electron chi connectivity index (χ0n) is 16.4. The van der Waals surface area contributed by atoms with Gasteiger partial charge in [0.1, 0.15) is 6.04 Å². The number of nitrogens with zero attached hydrogens (tertiary/aromatic N) is 1. The van der Waals surface area contributed by atoms with E-state index in [0.29, 0.717) is 5.13 Å². The number of para-hydroxylation sites is 1. The predicted octanol–water partition coefficient (Wildman–Crippen LogP) is 4.22. The van der Waals surface area contributed by atoms with Crippen LogP contribution in [0, 0.1) is 6.92 Å². The molecule has 4 rings (SSSR count). The minimum Gasteiger partial charge on any atom is -0.361 e. The van der Waals surface area contributed by atoms with Gasteiger partial charge in [-0.25, -0.2) is 13.4 Å². The molecule has 0 saturated heterocycles. The van der Waals surface area contributed by atoms with Gasteiger partial charge in [0.15, 0.2) is 5.13 Å². The zero-order valence-corrected chi connectivity index (χ0v) is 19.6. The van der Waals surface area contributed by atoms with Crippen LogP contribution in [0.3, 0.4) is 0 Å². The van der Waals surface area contributed by atoms with E-state index >= 15 is 0 Å². The van der Waals surface area contributed by atoms with E-state index in [0.717, 1.165) is 25.8 Å². The first kappa shape index (κ1) is 21.7. The molecule has 0 aliphatic heterocycles. The summed E-state index contributed by atoms with van der Waals surface area (Å²) in [5.41, 5.74) is 1.76. The number of benzene rings is 2. The van der Waals surface area contributed by atoms with Crippen molar-refractivity contribution in [3.8, 4) is 0 Å². The average Bonchev–Trinajstić information content (AvgIpc) is 3.33. The summed E-state index contributed by atoms with van der Waals surface area (Å²) in [6.45, 7) is 1.88. The number of amides is 1. The average molecular weight is 519 g/mol. The number of aromatic amines is 1. The van der Waals surface area contributed by atoms with Crippen LogP contribution in [0.4, 0.5) is 5.13 Å². The molecule has 2 aromatic carbocycles. The summed E-state index contributed by atoms with van der Waals surface area (Å²) in [6, 6.07) is 12.9. The van der Waals surface area contributed by atoms with Crippen molar-refractivity contribution in [2.24, 2.45) is 0 Å². The quantitative estimate of drug-likeness (QED) is 0.340. The third kappa shape index (κ3) is 5.04. The fraction of sp³-hybridized carbons (Fsp3) is 0.143. The van der Waals surface area contributed by atoms with E-state index < -0.39 is 22.0 Å². The second kappa shape index (κ2) is 8.91. The molecule has 1 unspecified atom stereocenters. The third-order valence-corrected chi connectivity index (χ3v) is 7.53. The third-order valence-electron chi connectivity index (χ3n) is 4.69. The summed E-state index contributed by atoms with van der Waals surface area (Å²) in [4.78, 5) is 21.4. The number of rotatable bonds is 7. The maximum absolute atomic E-state index is 13.1. The molecule has 0 radical (unpaired) electrons. The summed E-state index contributed by atoms with van der Waals surface area (Å²) in [6.07, 6.45) is 3.63. The summed E-state index contributed by atoms with van der Waals surface area (Å²) in [5.74, 6) is -0.472. The molecule has 4 aromatic rings. The van der Waals surface area contributed by atoms with E-state index in [4.69, 9.17) is 0 Å². The van der Waals surface area contributed by atoms with Gasteiger partial charge >= 0.3 is 0 Å². The monoisotopic (exact) mass is 518 g/mol. The van der Waals surface area contributed by atoms with Gasteiger partial charge in [-0.3, -0.25) is 4.79 Å². The van der Waals surface area contributed by atoms with Crippen LogP contribution in [0.1, 0.15) is 10.4 Å². The highest BCUT2D eigenvalue weighted by Crippen LogP contribution is 2.22. The number of halogens is 1. The number of aryl methyl sites for hydroxylation is 1. The van der Waals surface area contributed by atoms with Gasteiger partial charge in [0, 0.05) is 32.6 Å². The van der Waals surface area contributed by atoms with Crippen molar-refractivity contribution in [1.29, 1.82) is 0 Å². The molecule has 3 N–H and O–H groups in total. The number of nitrogens with one attached hydrogen (secondary N) is 3. The van der Waals surface area contributed by atoms with Crippen molar-refractivity contribution in [1.82, 2.24) is 14.7 Å². The van der Waals surface area contributed by atoms with Gasteiger partial charge < -0.3 is 10.3 Å². The first-order chi connectivity index (χ1) is 14.8. The smallest absolute Gasteiger partial charge is 0.244 e. The Bertz CT molecular complexity index is 1330. The lowest BCUT2D eigenvalue weighted by atomic mass is 10.1. The largest absolute Gasteiger partial charge is 0.361 e. The van der Waals surface area contributed by atoms with Crippen LogP contribution >= 0.6 is 27.3 Å². The van der Waals surface area contributed by atoms with Crippen LogP contribution in [-0.2, 0) is 21.2 Å². The van der Waals surface area contributed by atoms with Crippen molar-refractivity contribution in [3.63, 3.8) is 0 Å². The van der Waals surface area contributed by atoms with Crippen molar-refractivity contribution in [2.45, 2.75) is 24.3 Å². The molecule has 160 valence electrons. The van der Waals surface area contributed by atoms with E-state index in [9.17, 15) is 13.2 Å². The second-order valence-electron chi connectivity index (χ2n) is 6.96. The number of hydrogen-bond donors (Lipinski definition) is 3. The molecule has 2 heterocycles. The number of thiazole rings is 1. The molecule has 10 heteroatoms. The van der Waals surface area contributed by atoms with Gasteiger partial charge in [0.2, 0.25) is 15.9 Å². The summed E-state index contributed by atoms with van der Waals surface area (Å²) in [5, 5.41) is 4.09. The van der Waals surface area contributed by atoms with Crippen molar-refractivity contribution < 1.29 is 13.2 Å². The van der Waals surface area contributed by atoms with Gasteiger partial charge in [-0.15, -0.1) is 11.3 Å². The Kier molecular flexibility index (Phi) is 6.24. The molecule has 0 spiro atoms. The van der Waals surface area contributed by atoms with Crippen LogP contribution < -0.4 is 10.0 Å². The molecule has 2 aromatic heterocycles. The Hall–Kier alpha value is -2.53. The number of anilines is 1. The zero-order chi connectivity index (χ0) is 22.0. The van der Waals surface area contributed by atoms with Crippen molar-refractivity contribution >= 4 is 59.2 Å². The Balaban J connectivity index is 1.64. The van der Waals surface area contributed by atoms with E-state index in [1.807, 2.05) is 31.2 Å². The first-order valence-electron chi connectivity index (χ1n) is 9.38. The van der Waals surface area contributed by atoms with Crippen LogP contribution in [0.25, 0.3) is 10.9 Å². The van der Waals surface area contributed by atoms with E-state index in [2.05, 4.69) is 35.9 Å². The van der Waals surface area contributed by atoms with Gasteiger partial charge in [-0.05, 0) is 49.2 Å². The first-order valence-corrected chi connectivity index (χ1v) is 12.5. The molecule has 0 aliphatic rings. The molecule has 31 heavy (non-hydrogen) atoms. The number of sulfonamides is 1. The maximum atomic E-state index is 13.1. The number of H-pyrrole nitrogens is 1. The van der Waals surface area contributed by atoms with Crippen LogP contribution in [0.5, 0.6) is 0 Å². The van der Waals surface area contributed by atoms with Crippen LogP contribution in [0.15, 0.2) is 70.3 Å². The molecule has 0 bridgehead atoms. The molecule has 7 nitrogen and oxygen atoms in total. The lowest BCUT2D eigenvalue weighted by Crippen LogP contribution is -2.45. The molecule has 1 atom stereocenters. The highest BCUT2D eigenvalue weighted by Gasteiger charge is 2.27. The normalized spacial score (nSPS) is 12.7. The SMILES string of the molecule is Cc1cnc(NC(=O)C(Cc2c[nH]c3ccccc23)NS(=O)(=O)c2ccc(Br)cc2)s1. The minimum atomic E-state index is -3.92. The molecule has 0 fully saturated rings.